The first-order chi connectivity index (χ1) is 18.1. The second-order valence-corrected chi connectivity index (χ2v) is 12.0. The molecule has 1 aromatic heterocycles. The summed E-state index contributed by atoms with van der Waals surface area (Å²) < 4.78 is 81.9. The van der Waals surface area contributed by atoms with Gasteiger partial charge in [-0.1, -0.05) is 29.8 Å². The second kappa shape index (κ2) is 10.9. The first kappa shape index (κ1) is 29.0. The Balaban J connectivity index is 1.56. The van der Waals surface area contributed by atoms with Crippen molar-refractivity contribution in [2.75, 3.05) is 24.1 Å². The third kappa shape index (κ3) is 6.78. The number of halogens is 5. The van der Waals surface area contributed by atoms with Crippen molar-refractivity contribution in [1.29, 1.82) is 0 Å². The summed E-state index contributed by atoms with van der Waals surface area (Å²) in [5.41, 5.74) is -0.0891. The fourth-order valence-corrected chi connectivity index (χ4v) is 6.25. The highest BCUT2D eigenvalue weighted by Crippen LogP contribution is 2.40. The number of nitrogens with one attached hydrogen (secondary N) is 2. The molecule has 3 N–H and O–H groups in total. The summed E-state index contributed by atoms with van der Waals surface area (Å²) in [6, 6.07) is 7.47. The van der Waals surface area contributed by atoms with Crippen LogP contribution in [0, 0.1) is 5.82 Å². The average molecular weight is 589 g/mol. The third-order valence-corrected chi connectivity index (χ3v) is 8.47. The van der Waals surface area contributed by atoms with Gasteiger partial charge >= 0.3 is 6.18 Å². The number of sulfonamides is 1. The molecule has 1 aliphatic rings. The molecule has 0 unspecified atom stereocenters. The Morgan fingerprint density at radius 2 is 1.87 bits per heavy atom. The van der Waals surface area contributed by atoms with Gasteiger partial charge in [0.05, 0.1) is 36.4 Å². The summed E-state index contributed by atoms with van der Waals surface area (Å²) in [6.07, 6.45) is -0.733. The predicted molar refractivity (Wildman–Crippen MR) is 137 cm³/mol. The molecule has 1 heterocycles. The van der Waals surface area contributed by atoms with E-state index in [4.69, 9.17) is 11.6 Å². The number of hydrogen-bond acceptors (Lipinski definition) is 6. The number of hydrogen-bond donors (Lipinski definition) is 3. The van der Waals surface area contributed by atoms with Gasteiger partial charge in [0, 0.05) is 12.6 Å². The molecule has 2 aromatic carbocycles. The van der Waals surface area contributed by atoms with Crippen LogP contribution in [0.1, 0.15) is 36.3 Å². The summed E-state index contributed by atoms with van der Waals surface area (Å²) in [6.45, 7) is 0. The van der Waals surface area contributed by atoms with E-state index in [-0.39, 0.29) is 22.4 Å². The zero-order chi connectivity index (χ0) is 28.6. The van der Waals surface area contributed by atoms with E-state index in [9.17, 15) is 26.8 Å². The highest BCUT2D eigenvalue weighted by Gasteiger charge is 2.42. The Kier molecular flexibility index (Phi) is 8.08. The average Bonchev–Trinajstić information content (AvgIpc) is 2.85. The van der Waals surface area contributed by atoms with E-state index in [2.05, 4.69) is 20.0 Å². The molecular weight excluding hydrogens is 562 g/mol. The number of quaternary nitrogens is 1. The number of alkyl halides is 3. The number of likely N-dealkylation sites (N-methyl/N-ethyl adjacent to an activating group) is 1. The van der Waals surface area contributed by atoms with Crippen molar-refractivity contribution >= 4 is 33.1 Å². The van der Waals surface area contributed by atoms with Crippen LogP contribution in [0.15, 0.2) is 59.9 Å². The Morgan fingerprint density at radius 1 is 1.13 bits per heavy atom. The number of benzene rings is 2. The number of hydroxylamine groups is 3. The lowest BCUT2D eigenvalue weighted by Gasteiger charge is -2.42. The molecule has 0 spiro atoms. The molecule has 210 valence electrons. The van der Waals surface area contributed by atoms with Crippen molar-refractivity contribution in [2.24, 2.45) is 0 Å². The highest BCUT2D eigenvalue weighted by atomic mass is 35.5. The maximum atomic E-state index is 15.0. The fraction of sp³-hybridized carbons (Fsp3) is 0.360. The predicted octanol–water partition coefficient (Wildman–Crippen LogP) is 5.67. The molecule has 3 atom stereocenters. The number of nitrogens with zero attached hydrogens (tertiary/aromatic N) is 3. The Morgan fingerprint density at radius 3 is 2.51 bits per heavy atom. The zero-order valence-corrected chi connectivity index (χ0v) is 22.5. The van der Waals surface area contributed by atoms with E-state index in [1.807, 2.05) is 0 Å². The van der Waals surface area contributed by atoms with Crippen molar-refractivity contribution in [3.05, 3.63) is 77.0 Å². The van der Waals surface area contributed by atoms with Gasteiger partial charge in [0.2, 0.25) is 0 Å². The summed E-state index contributed by atoms with van der Waals surface area (Å²) in [7, 11) is -1.26. The molecule has 0 amide bonds. The molecule has 8 nitrogen and oxygen atoms in total. The molecule has 0 radical (unpaired) electrons. The van der Waals surface area contributed by atoms with E-state index in [0.29, 0.717) is 24.8 Å². The van der Waals surface area contributed by atoms with Crippen LogP contribution in [-0.4, -0.2) is 54.4 Å². The number of anilines is 2. The SMILES string of the molecule is C[N+](C)(O)[C@H]1C[C@@H](c2cccc(C(F)(F)F)c2)CC[C@@H]1Nc1cc(F)c(S(=O)(=O)Nc2ccncn2)cc1Cl. The topological polar surface area (TPSA) is 104 Å². The molecule has 14 heteroatoms. The summed E-state index contributed by atoms with van der Waals surface area (Å²) in [5.74, 6) is -1.35. The number of aromatic nitrogens is 2. The maximum Gasteiger partial charge on any atom is 0.416 e. The van der Waals surface area contributed by atoms with Crippen molar-refractivity contribution in [1.82, 2.24) is 9.97 Å². The van der Waals surface area contributed by atoms with Crippen molar-refractivity contribution in [2.45, 2.75) is 48.3 Å². The van der Waals surface area contributed by atoms with Crippen LogP contribution in [0.25, 0.3) is 0 Å². The molecule has 39 heavy (non-hydrogen) atoms. The summed E-state index contributed by atoms with van der Waals surface area (Å²) in [4.78, 5) is 6.77. The first-order valence-corrected chi connectivity index (χ1v) is 13.8. The first-order valence-electron chi connectivity index (χ1n) is 11.9. The lowest BCUT2D eigenvalue weighted by atomic mass is 9.77. The zero-order valence-electron chi connectivity index (χ0n) is 21.0. The van der Waals surface area contributed by atoms with E-state index in [0.717, 1.165) is 30.6 Å². The smallest absolute Gasteiger partial charge is 0.375 e. The molecule has 0 saturated heterocycles. The molecule has 1 saturated carbocycles. The Labute approximate surface area is 228 Å². The monoisotopic (exact) mass is 588 g/mol. The summed E-state index contributed by atoms with van der Waals surface area (Å²) in [5, 5.41) is 13.9. The van der Waals surface area contributed by atoms with Gasteiger partial charge in [-0.05, 0) is 48.6 Å². The Hall–Kier alpha value is -3.00. The third-order valence-electron chi connectivity index (χ3n) is 6.79. The lowest BCUT2D eigenvalue weighted by Crippen LogP contribution is -2.56. The van der Waals surface area contributed by atoms with Gasteiger partial charge < -0.3 is 5.32 Å². The molecule has 4 rings (SSSR count). The van der Waals surface area contributed by atoms with Gasteiger partial charge in [-0.25, -0.2) is 28.0 Å². The van der Waals surface area contributed by atoms with Gasteiger partial charge in [-0.3, -0.25) is 4.72 Å². The van der Waals surface area contributed by atoms with Gasteiger partial charge in [0.1, 0.15) is 28.9 Å². The van der Waals surface area contributed by atoms with E-state index < -0.39 is 49.2 Å². The van der Waals surface area contributed by atoms with Crippen molar-refractivity contribution < 1.29 is 35.8 Å². The van der Waals surface area contributed by atoms with Gasteiger partial charge in [-0.15, -0.1) is 0 Å². The van der Waals surface area contributed by atoms with Crippen molar-refractivity contribution in [3.63, 3.8) is 0 Å². The molecule has 1 aliphatic carbocycles. The van der Waals surface area contributed by atoms with Crippen LogP contribution < -0.4 is 10.0 Å². The minimum Gasteiger partial charge on any atom is -0.375 e. The van der Waals surface area contributed by atoms with E-state index in [1.54, 1.807) is 20.2 Å². The van der Waals surface area contributed by atoms with Gasteiger partial charge in [0.25, 0.3) is 10.0 Å². The van der Waals surface area contributed by atoms with E-state index >= 15 is 4.39 Å². The Bertz CT molecular complexity index is 1440. The molecule has 0 bridgehead atoms. The summed E-state index contributed by atoms with van der Waals surface area (Å²) >= 11 is 6.36. The fourth-order valence-electron chi connectivity index (χ4n) is 4.87. The second-order valence-electron chi connectivity index (χ2n) is 9.89. The molecule has 3 aromatic rings. The highest BCUT2D eigenvalue weighted by molar-refractivity contribution is 7.92. The molecule has 1 fully saturated rings. The van der Waals surface area contributed by atoms with Crippen LogP contribution in [0.4, 0.5) is 29.1 Å². The number of rotatable bonds is 7. The van der Waals surface area contributed by atoms with Crippen LogP contribution in [0.5, 0.6) is 0 Å². The van der Waals surface area contributed by atoms with Crippen LogP contribution in [0.2, 0.25) is 5.02 Å². The van der Waals surface area contributed by atoms with Crippen molar-refractivity contribution in [3.8, 4) is 0 Å². The van der Waals surface area contributed by atoms with Gasteiger partial charge in [0.15, 0.2) is 0 Å². The lowest BCUT2D eigenvalue weighted by molar-refractivity contribution is -1.09. The minimum atomic E-state index is -4.47. The normalized spacial score (nSPS) is 20.5. The van der Waals surface area contributed by atoms with Crippen LogP contribution in [-0.2, 0) is 16.2 Å². The quantitative estimate of drug-likeness (QED) is 0.187. The van der Waals surface area contributed by atoms with Crippen LogP contribution >= 0.6 is 11.6 Å². The van der Waals surface area contributed by atoms with Crippen LogP contribution in [0.3, 0.4) is 0 Å². The standard InChI is InChI=1S/C25H27ClF4N5O3S/c1-35(2,36)22-11-16(15-4-3-5-17(10-15)25(28,29)30)6-7-20(22)33-21-13-19(27)23(12-18(21)26)39(37,38)34-24-8-9-31-14-32-24/h3-5,8-10,12-14,16,20,22,33,36H,6-7,11H2,1-2H3,(H,31,32,34)/q+1/t16-,20-,22-/m0/s1. The van der Waals surface area contributed by atoms with E-state index in [1.165, 1.54) is 18.3 Å². The van der Waals surface area contributed by atoms with Gasteiger partial charge in [-0.2, -0.15) is 17.8 Å². The molecule has 0 aliphatic heterocycles. The minimum absolute atomic E-state index is 0.0500. The maximum absolute atomic E-state index is 15.0. The molecular formula is C25H27ClF4N5O3S+. The largest absolute Gasteiger partial charge is 0.416 e.